The van der Waals surface area contributed by atoms with Gasteiger partial charge in [0.2, 0.25) is 0 Å². The summed E-state index contributed by atoms with van der Waals surface area (Å²) in [6, 6.07) is 39.7. The lowest BCUT2D eigenvalue weighted by molar-refractivity contribution is 0.669. The largest absolute Gasteiger partial charge is 0.455 e. The van der Waals surface area contributed by atoms with E-state index in [1.165, 1.54) is 0 Å². The van der Waals surface area contributed by atoms with Gasteiger partial charge in [-0.1, -0.05) is 84.4 Å². The summed E-state index contributed by atoms with van der Waals surface area (Å²) in [5, 5.41) is 6.55. The fourth-order valence-corrected chi connectivity index (χ4v) is 6.70. The summed E-state index contributed by atoms with van der Waals surface area (Å²) < 4.78 is 19.2. The van der Waals surface area contributed by atoms with E-state index in [9.17, 15) is 0 Å². The van der Waals surface area contributed by atoms with Crippen molar-refractivity contribution < 1.29 is 13.3 Å². The van der Waals surface area contributed by atoms with Gasteiger partial charge in [0.05, 0.1) is 16.7 Å². The van der Waals surface area contributed by atoms with E-state index in [0.29, 0.717) is 39.2 Å². The maximum atomic E-state index is 6.41. The molecule has 6 nitrogen and oxygen atoms in total. The molecule has 0 N–H and O–H groups in total. The van der Waals surface area contributed by atoms with Crippen LogP contribution in [-0.2, 0) is 0 Å². The van der Waals surface area contributed by atoms with Gasteiger partial charge in [0.1, 0.15) is 33.5 Å². The third kappa shape index (κ3) is 3.68. The maximum absolute atomic E-state index is 6.41. The number of halogens is 1. The lowest BCUT2D eigenvalue weighted by atomic mass is 10.1. The van der Waals surface area contributed by atoms with Crippen LogP contribution < -0.4 is 0 Å². The van der Waals surface area contributed by atoms with E-state index in [1.54, 1.807) is 0 Å². The molecule has 216 valence electrons. The fraction of sp³-hybridized carbons (Fsp3) is 0. The number of benzene rings is 6. The molecule has 0 atom stereocenters. The summed E-state index contributed by atoms with van der Waals surface area (Å²) in [4.78, 5) is 15.2. The van der Waals surface area contributed by atoms with Crippen molar-refractivity contribution in [2.45, 2.75) is 0 Å². The number of fused-ring (bicyclic) bond motifs is 9. The lowest BCUT2D eigenvalue weighted by Crippen LogP contribution is -2.00. The molecule has 0 saturated heterocycles. The van der Waals surface area contributed by atoms with Crippen LogP contribution in [-0.4, -0.2) is 15.0 Å². The van der Waals surface area contributed by atoms with E-state index in [2.05, 4.69) is 24.3 Å². The van der Waals surface area contributed by atoms with Crippen molar-refractivity contribution in [1.29, 1.82) is 0 Å². The molecule has 4 heterocycles. The fourth-order valence-electron chi connectivity index (χ4n) is 6.53. The normalized spacial score (nSPS) is 12.0. The molecule has 0 radical (unpaired) electrons. The van der Waals surface area contributed by atoms with Gasteiger partial charge in [-0.05, 0) is 48.5 Å². The molecule has 0 unspecified atom stereocenters. The van der Waals surface area contributed by atoms with Crippen molar-refractivity contribution in [3.05, 3.63) is 126 Å². The first-order valence-corrected chi connectivity index (χ1v) is 15.3. The van der Waals surface area contributed by atoms with Crippen LogP contribution in [0.25, 0.3) is 100.0 Å². The summed E-state index contributed by atoms with van der Waals surface area (Å²) in [5.74, 6) is 1.43. The van der Waals surface area contributed by atoms with Crippen molar-refractivity contribution in [2.75, 3.05) is 0 Å². The van der Waals surface area contributed by atoms with Gasteiger partial charge in [-0.2, -0.15) is 0 Å². The zero-order valence-corrected chi connectivity index (χ0v) is 24.7. The van der Waals surface area contributed by atoms with Crippen LogP contribution in [0.5, 0.6) is 0 Å². The molecule has 46 heavy (non-hydrogen) atoms. The Morgan fingerprint density at radius 1 is 0.370 bits per heavy atom. The molecule has 7 heteroatoms. The smallest absolute Gasteiger partial charge is 0.167 e. The SMILES string of the molecule is Clc1ccc2oc3c(-c4nc(-c5cccc6c5oc5ccccc56)nc(-c5cccc6c5oc5ccccc56)n4)cccc3c2c1. The van der Waals surface area contributed by atoms with Crippen LogP contribution in [0, 0.1) is 0 Å². The zero-order valence-electron chi connectivity index (χ0n) is 24.0. The first-order valence-electron chi connectivity index (χ1n) is 14.9. The first kappa shape index (κ1) is 25.4. The number of furan rings is 3. The zero-order chi connectivity index (χ0) is 30.4. The van der Waals surface area contributed by atoms with Crippen LogP contribution in [0.3, 0.4) is 0 Å². The van der Waals surface area contributed by atoms with Crippen molar-refractivity contribution >= 4 is 77.4 Å². The minimum atomic E-state index is 0.469. The molecule has 10 aromatic rings. The molecule has 0 aliphatic rings. The number of para-hydroxylation sites is 5. The summed E-state index contributed by atoms with van der Waals surface area (Å²) in [6.07, 6.45) is 0. The minimum Gasteiger partial charge on any atom is -0.455 e. The number of rotatable bonds is 3. The number of nitrogens with zero attached hydrogens (tertiary/aromatic N) is 3. The predicted octanol–water partition coefficient (Wildman–Crippen LogP) is 11.2. The van der Waals surface area contributed by atoms with Crippen LogP contribution in [0.4, 0.5) is 0 Å². The van der Waals surface area contributed by atoms with Crippen LogP contribution in [0.2, 0.25) is 5.02 Å². The average molecular weight is 614 g/mol. The van der Waals surface area contributed by atoms with Crippen molar-refractivity contribution in [1.82, 2.24) is 15.0 Å². The van der Waals surface area contributed by atoms with E-state index in [1.807, 2.05) is 97.1 Å². The number of aromatic nitrogens is 3. The lowest BCUT2D eigenvalue weighted by Gasteiger charge is -2.09. The van der Waals surface area contributed by atoms with Crippen LogP contribution in [0.15, 0.2) is 135 Å². The highest BCUT2D eigenvalue weighted by Crippen LogP contribution is 2.40. The number of hydrogen-bond donors (Lipinski definition) is 0. The molecule has 0 aliphatic heterocycles. The van der Waals surface area contributed by atoms with Gasteiger partial charge in [0.25, 0.3) is 0 Å². The second-order valence-electron chi connectivity index (χ2n) is 11.3. The highest BCUT2D eigenvalue weighted by atomic mass is 35.5. The van der Waals surface area contributed by atoms with Gasteiger partial charge in [0, 0.05) is 37.3 Å². The van der Waals surface area contributed by atoms with Gasteiger partial charge >= 0.3 is 0 Å². The molecule has 0 amide bonds. The standard InChI is InChI=1S/C39H20ClN3O3/c40-21-18-19-33-30(20-21)26-12-7-15-29(36(26)46-33)39-42-37(27-13-5-10-24-22-8-1-3-16-31(22)44-34(24)27)41-38(43-39)28-14-6-11-25-23-9-2-4-17-32(23)45-35(25)28/h1-20H. The summed E-state index contributed by atoms with van der Waals surface area (Å²) in [7, 11) is 0. The van der Waals surface area contributed by atoms with Crippen molar-refractivity contribution in [2.24, 2.45) is 0 Å². The average Bonchev–Trinajstić information content (AvgIpc) is 3.79. The topological polar surface area (TPSA) is 78.1 Å². The molecule has 4 aromatic heterocycles. The Labute approximate surface area is 265 Å². The summed E-state index contributed by atoms with van der Waals surface area (Å²) >= 11 is 6.37. The molecule has 0 fully saturated rings. The monoisotopic (exact) mass is 613 g/mol. The second-order valence-corrected chi connectivity index (χ2v) is 11.7. The Balaban J connectivity index is 1.29. The molecular formula is C39H20ClN3O3. The Bertz CT molecular complexity index is 2710. The van der Waals surface area contributed by atoms with Crippen LogP contribution in [0.1, 0.15) is 0 Å². The van der Waals surface area contributed by atoms with Gasteiger partial charge in [-0.15, -0.1) is 0 Å². The van der Waals surface area contributed by atoms with Gasteiger partial charge in [-0.3, -0.25) is 0 Å². The Morgan fingerprint density at radius 2 is 0.761 bits per heavy atom. The van der Waals surface area contributed by atoms with E-state index in [-0.39, 0.29) is 0 Å². The minimum absolute atomic E-state index is 0.469. The van der Waals surface area contributed by atoms with E-state index < -0.39 is 0 Å². The molecule has 0 spiro atoms. The van der Waals surface area contributed by atoms with Crippen LogP contribution >= 0.6 is 11.6 Å². The number of hydrogen-bond acceptors (Lipinski definition) is 6. The van der Waals surface area contributed by atoms with Crippen molar-refractivity contribution in [3.63, 3.8) is 0 Å². The maximum Gasteiger partial charge on any atom is 0.167 e. The van der Waals surface area contributed by atoms with E-state index >= 15 is 0 Å². The Hall–Kier alpha value is -5.98. The molecule has 0 saturated carbocycles. The van der Waals surface area contributed by atoms with E-state index in [0.717, 1.165) is 65.8 Å². The Morgan fingerprint density at radius 3 is 1.24 bits per heavy atom. The molecule has 0 aliphatic carbocycles. The third-order valence-electron chi connectivity index (χ3n) is 8.63. The highest BCUT2D eigenvalue weighted by molar-refractivity contribution is 6.31. The Kier molecular flexibility index (Phi) is 5.24. The molecular weight excluding hydrogens is 594 g/mol. The summed E-state index contributed by atoms with van der Waals surface area (Å²) in [6.45, 7) is 0. The van der Waals surface area contributed by atoms with Gasteiger partial charge < -0.3 is 13.3 Å². The quantitative estimate of drug-likeness (QED) is 0.197. The molecule has 10 rings (SSSR count). The van der Waals surface area contributed by atoms with Gasteiger partial charge in [0.15, 0.2) is 17.5 Å². The van der Waals surface area contributed by atoms with E-state index in [4.69, 9.17) is 39.8 Å². The van der Waals surface area contributed by atoms with Crippen molar-refractivity contribution in [3.8, 4) is 34.2 Å². The third-order valence-corrected chi connectivity index (χ3v) is 8.86. The molecule has 0 bridgehead atoms. The second kappa shape index (κ2) is 9.51. The highest BCUT2D eigenvalue weighted by Gasteiger charge is 2.22. The predicted molar refractivity (Wildman–Crippen MR) is 183 cm³/mol. The summed E-state index contributed by atoms with van der Waals surface area (Å²) in [5.41, 5.74) is 6.71. The first-order chi connectivity index (χ1) is 22.7. The van der Waals surface area contributed by atoms with Gasteiger partial charge in [-0.25, -0.2) is 15.0 Å². The molecule has 6 aromatic carbocycles.